The minimum absolute atomic E-state index is 0.0631. The Bertz CT molecular complexity index is 289. The van der Waals surface area contributed by atoms with Crippen molar-refractivity contribution in [3.8, 4) is 0 Å². The van der Waals surface area contributed by atoms with Crippen molar-refractivity contribution in [3.63, 3.8) is 0 Å². The van der Waals surface area contributed by atoms with Gasteiger partial charge in [0.2, 0.25) is 0 Å². The van der Waals surface area contributed by atoms with Gasteiger partial charge in [-0.3, -0.25) is 0 Å². The molecule has 3 fully saturated rings. The molecule has 2 amide bonds. The van der Waals surface area contributed by atoms with Crippen LogP contribution < -0.4 is 16.0 Å². The van der Waals surface area contributed by atoms with Gasteiger partial charge in [0.25, 0.3) is 0 Å². The minimum atomic E-state index is 0.0631. The summed E-state index contributed by atoms with van der Waals surface area (Å²) in [5.74, 6) is 0.781. The lowest BCUT2D eigenvalue weighted by molar-refractivity contribution is 0.221. The molecule has 3 N–H and O–H groups in total. The summed E-state index contributed by atoms with van der Waals surface area (Å²) in [6, 6.07) is 1.50. The molecule has 18 heavy (non-hydrogen) atoms. The van der Waals surface area contributed by atoms with Crippen LogP contribution in [-0.2, 0) is 0 Å². The minimum Gasteiger partial charge on any atom is -0.335 e. The van der Waals surface area contributed by atoms with Crippen LogP contribution in [0.25, 0.3) is 0 Å². The molecule has 1 heterocycles. The molecule has 1 aliphatic heterocycles. The average molecular weight is 251 g/mol. The Kier molecular flexibility index (Phi) is 3.73. The van der Waals surface area contributed by atoms with Crippen LogP contribution in [0, 0.1) is 5.92 Å². The third kappa shape index (κ3) is 2.97. The van der Waals surface area contributed by atoms with Crippen molar-refractivity contribution in [2.24, 2.45) is 5.92 Å². The largest absolute Gasteiger partial charge is 0.335 e. The molecule has 0 aromatic rings. The number of urea groups is 1. The normalized spacial score (nSPS) is 36.3. The van der Waals surface area contributed by atoms with Gasteiger partial charge in [-0.25, -0.2) is 4.79 Å². The molecule has 3 rings (SSSR count). The zero-order chi connectivity index (χ0) is 12.4. The summed E-state index contributed by atoms with van der Waals surface area (Å²) in [4.78, 5) is 12.0. The van der Waals surface area contributed by atoms with Crippen molar-refractivity contribution in [3.05, 3.63) is 0 Å². The van der Waals surface area contributed by atoms with Crippen LogP contribution in [0.5, 0.6) is 0 Å². The van der Waals surface area contributed by atoms with Gasteiger partial charge in [-0.05, 0) is 44.6 Å². The summed E-state index contributed by atoms with van der Waals surface area (Å²) in [6.07, 6.45) is 9.75. The fourth-order valence-electron chi connectivity index (χ4n) is 3.88. The molecule has 3 atom stereocenters. The number of rotatable bonds is 2. The molecule has 0 aromatic heterocycles. The average Bonchev–Trinajstić information content (AvgIpc) is 2.70. The van der Waals surface area contributed by atoms with Gasteiger partial charge in [0.1, 0.15) is 0 Å². The van der Waals surface area contributed by atoms with Gasteiger partial charge >= 0.3 is 6.03 Å². The summed E-state index contributed by atoms with van der Waals surface area (Å²) in [5, 5.41) is 9.85. The summed E-state index contributed by atoms with van der Waals surface area (Å²) in [7, 11) is 0. The molecular formula is C14H25N3O. The zero-order valence-corrected chi connectivity index (χ0v) is 11.1. The van der Waals surface area contributed by atoms with Crippen LogP contribution >= 0.6 is 0 Å². The maximum atomic E-state index is 12.0. The lowest BCUT2D eigenvalue weighted by Crippen LogP contribution is -2.49. The van der Waals surface area contributed by atoms with E-state index in [0.29, 0.717) is 18.1 Å². The first-order valence-corrected chi connectivity index (χ1v) is 7.60. The van der Waals surface area contributed by atoms with Gasteiger partial charge in [0.15, 0.2) is 0 Å². The fourth-order valence-corrected chi connectivity index (χ4v) is 3.88. The van der Waals surface area contributed by atoms with Crippen molar-refractivity contribution < 1.29 is 4.79 Å². The first-order chi connectivity index (χ1) is 8.79. The van der Waals surface area contributed by atoms with Crippen molar-refractivity contribution in [2.75, 3.05) is 6.54 Å². The van der Waals surface area contributed by atoms with E-state index in [1.165, 1.54) is 25.7 Å². The summed E-state index contributed by atoms with van der Waals surface area (Å²) < 4.78 is 0. The molecule has 2 saturated carbocycles. The van der Waals surface area contributed by atoms with Crippen molar-refractivity contribution in [1.82, 2.24) is 16.0 Å². The zero-order valence-electron chi connectivity index (χ0n) is 11.1. The van der Waals surface area contributed by atoms with Gasteiger partial charge in [0, 0.05) is 18.1 Å². The van der Waals surface area contributed by atoms with Crippen LogP contribution in [0.1, 0.15) is 51.4 Å². The van der Waals surface area contributed by atoms with E-state index in [1.54, 1.807) is 0 Å². The van der Waals surface area contributed by atoms with Gasteiger partial charge in [0.05, 0.1) is 0 Å². The Morgan fingerprint density at radius 2 is 1.72 bits per heavy atom. The second-order valence-corrected chi connectivity index (χ2v) is 6.33. The molecular weight excluding hydrogens is 226 g/mol. The lowest BCUT2D eigenvalue weighted by atomic mass is 9.87. The number of amides is 2. The standard InChI is InChI=1S/C14H25N3O/c18-14(16-11-4-2-1-3-5-11)17-13-7-10-6-12(8-13)15-9-10/h10-13,15H,1-9H2,(H2,16,17,18). The highest BCUT2D eigenvalue weighted by Crippen LogP contribution is 2.29. The lowest BCUT2D eigenvalue weighted by Gasteiger charge is -2.29. The first kappa shape index (κ1) is 12.3. The van der Waals surface area contributed by atoms with Gasteiger partial charge in [-0.1, -0.05) is 19.3 Å². The van der Waals surface area contributed by atoms with Crippen LogP contribution in [0.2, 0.25) is 0 Å². The van der Waals surface area contributed by atoms with Crippen molar-refractivity contribution in [1.29, 1.82) is 0 Å². The highest BCUT2D eigenvalue weighted by molar-refractivity contribution is 5.74. The second kappa shape index (κ2) is 5.47. The highest BCUT2D eigenvalue weighted by atomic mass is 16.2. The third-order valence-corrected chi connectivity index (χ3v) is 4.78. The summed E-state index contributed by atoms with van der Waals surface area (Å²) in [6.45, 7) is 1.15. The Balaban J connectivity index is 1.43. The molecule has 2 aliphatic carbocycles. The molecule has 0 radical (unpaired) electrons. The molecule has 3 aliphatic rings. The Hall–Kier alpha value is -0.770. The molecule has 2 bridgehead atoms. The molecule has 3 unspecified atom stereocenters. The number of fused-ring (bicyclic) bond motifs is 2. The third-order valence-electron chi connectivity index (χ3n) is 4.78. The Labute approximate surface area is 109 Å². The molecule has 0 aromatic carbocycles. The molecule has 4 heteroatoms. The van der Waals surface area contributed by atoms with E-state index in [1.807, 2.05) is 0 Å². The molecule has 0 spiro atoms. The van der Waals surface area contributed by atoms with Gasteiger partial charge in [-0.2, -0.15) is 0 Å². The van der Waals surface area contributed by atoms with Gasteiger partial charge < -0.3 is 16.0 Å². The smallest absolute Gasteiger partial charge is 0.315 e. The monoisotopic (exact) mass is 251 g/mol. The number of hydrogen-bond acceptors (Lipinski definition) is 2. The van der Waals surface area contributed by atoms with Crippen molar-refractivity contribution >= 4 is 6.03 Å². The van der Waals surface area contributed by atoms with E-state index in [2.05, 4.69) is 16.0 Å². The number of hydrogen-bond donors (Lipinski definition) is 3. The summed E-state index contributed by atoms with van der Waals surface area (Å²) >= 11 is 0. The van der Waals surface area contributed by atoms with E-state index in [0.717, 1.165) is 38.1 Å². The fraction of sp³-hybridized carbons (Fsp3) is 0.929. The first-order valence-electron chi connectivity index (χ1n) is 7.60. The predicted octanol–water partition coefficient (Wildman–Crippen LogP) is 1.76. The predicted molar refractivity (Wildman–Crippen MR) is 71.5 cm³/mol. The number of carbonyl (C=O) groups excluding carboxylic acids is 1. The van der Waals surface area contributed by atoms with E-state index in [4.69, 9.17) is 0 Å². The maximum absolute atomic E-state index is 12.0. The Morgan fingerprint density at radius 3 is 2.50 bits per heavy atom. The second-order valence-electron chi connectivity index (χ2n) is 6.33. The van der Waals surface area contributed by atoms with Crippen LogP contribution in [0.15, 0.2) is 0 Å². The Morgan fingerprint density at radius 1 is 0.944 bits per heavy atom. The van der Waals surface area contributed by atoms with Gasteiger partial charge in [-0.15, -0.1) is 0 Å². The topological polar surface area (TPSA) is 53.2 Å². The SMILES string of the molecule is O=C(NC1CCCCC1)NC1CC2CNC(C2)C1. The van der Waals surface area contributed by atoms with E-state index in [-0.39, 0.29) is 6.03 Å². The molecule has 102 valence electrons. The molecule has 4 nitrogen and oxygen atoms in total. The van der Waals surface area contributed by atoms with Crippen LogP contribution in [0.4, 0.5) is 4.79 Å². The highest BCUT2D eigenvalue weighted by Gasteiger charge is 2.34. The van der Waals surface area contributed by atoms with Crippen molar-refractivity contribution in [2.45, 2.75) is 69.5 Å². The quantitative estimate of drug-likeness (QED) is 0.700. The van der Waals surface area contributed by atoms with E-state index in [9.17, 15) is 4.79 Å². The maximum Gasteiger partial charge on any atom is 0.315 e. The summed E-state index contributed by atoms with van der Waals surface area (Å²) in [5.41, 5.74) is 0. The molecule has 1 saturated heterocycles. The van der Waals surface area contributed by atoms with Crippen LogP contribution in [-0.4, -0.2) is 30.7 Å². The van der Waals surface area contributed by atoms with Crippen LogP contribution in [0.3, 0.4) is 0 Å². The number of carbonyl (C=O) groups is 1. The van der Waals surface area contributed by atoms with E-state index < -0.39 is 0 Å². The van der Waals surface area contributed by atoms with E-state index >= 15 is 0 Å². The number of nitrogens with one attached hydrogen (secondary N) is 3.